The van der Waals surface area contributed by atoms with Gasteiger partial charge >= 0.3 is 0 Å². The summed E-state index contributed by atoms with van der Waals surface area (Å²) in [6.45, 7) is 6.74. The monoisotopic (exact) mass is 346 g/mol. The van der Waals surface area contributed by atoms with Gasteiger partial charge in [-0.3, -0.25) is 4.90 Å². The van der Waals surface area contributed by atoms with E-state index < -0.39 is 0 Å². The lowest BCUT2D eigenvalue weighted by Crippen LogP contribution is -2.44. The van der Waals surface area contributed by atoms with Gasteiger partial charge in [0.15, 0.2) is 0 Å². The van der Waals surface area contributed by atoms with Crippen LogP contribution in [-0.2, 0) is 0 Å². The molecule has 1 aromatic carbocycles. The molecule has 1 fully saturated rings. The predicted molar refractivity (Wildman–Crippen MR) is 74.7 cm³/mol. The Morgan fingerprint density at radius 3 is 2.50 bits per heavy atom. The molecule has 2 nitrogen and oxygen atoms in total. The standard InChI is InChI=1S/C12H16Br2N2/c1-9(16-6-4-15-5-7-16)10-2-3-11(13)12(14)8-10/h2-3,8-9,15H,4-7H2,1H3/t9-/m1/s1. The number of rotatable bonds is 2. The van der Waals surface area contributed by atoms with Crippen molar-refractivity contribution in [3.05, 3.63) is 32.7 Å². The number of nitrogens with zero attached hydrogens (tertiary/aromatic N) is 1. The maximum atomic E-state index is 3.56. The van der Waals surface area contributed by atoms with E-state index in [-0.39, 0.29) is 0 Å². The van der Waals surface area contributed by atoms with Gasteiger partial charge in [0.2, 0.25) is 0 Å². The fraction of sp³-hybridized carbons (Fsp3) is 0.500. The topological polar surface area (TPSA) is 15.3 Å². The van der Waals surface area contributed by atoms with Crippen molar-refractivity contribution >= 4 is 31.9 Å². The number of piperazine rings is 1. The molecule has 2 rings (SSSR count). The molecule has 0 aliphatic carbocycles. The molecular weight excluding hydrogens is 332 g/mol. The van der Waals surface area contributed by atoms with E-state index in [1.54, 1.807) is 0 Å². The Kier molecular flexibility index (Phi) is 4.41. The summed E-state index contributed by atoms with van der Waals surface area (Å²) in [5.74, 6) is 0. The SMILES string of the molecule is C[C@H](c1ccc(Br)c(Br)c1)N1CCNCC1. The second kappa shape index (κ2) is 5.63. The first-order chi connectivity index (χ1) is 7.68. The first kappa shape index (κ1) is 12.6. The van der Waals surface area contributed by atoms with Gasteiger partial charge in [0.1, 0.15) is 0 Å². The molecular formula is C12H16Br2N2. The van der Waals surface area contributed by atoms with Crippen LogP contribution in [0, 0.1) is 0 Å². The third-order valence-corrected chi connectivity index (χ3v) is 5.01. The Morgan fingerprint density at radius 2 is 1.88 bits per heavy atom. The third-order valence-electron chi connectivity index (χ3n) is 3.13. The van der Waals surface area contributed by atoms with Crippen molar-refractivity contribution in [2.75, 3.05) is 26.2 Å². The minimum Gasteiger partial charge on any atom is -0.314 e. The lowest BCUT2D eigenvalue weighted by Gasteiger charge is -2.33. The van der Waals surface area contributed by atoms with E-state index in [9.17, 15) is 0 Å². The van der Waals surface area contributed by atoms with E-state index in [4.69, 9.17) is 0 Å². The molecule has 0 unspecified atom stereocenters. The Hall–Kier alpha value is 0.1000. The molecule has 0 aromatic heterocycles. The van der Waals surface area contributed by atoms with Gasteiger partial charge < -0.3 is 5.32 Å². The van der Waals surface area contributed by atoms with E-state index in [1.165, 1.54) is 5.56 Å². The van der Waals surface area contributed by atoms with Gasteiger partial charge in [-0.25, -0.2) is 0 Å². The Bertz CT molecular complexity index is 362. The maximum absolute atomic E-state index is 3.56. The van der Waals surface area contributed by atoms with Crippen LogP contribution in [0.5, 0.6) is 0 Å². The van der Waals surface area contributed by atoms with Crippen molar-refractivity contribution in [1.82, 2.24) is 10.2 Å². The molecule has 1 aliphatic heterocycles. The molecule has 1 heterocycles. The van der Waals surface area contributed by atoms with Crippen molar-refractivity contribution < 1.29 is 0 Å². The first-order valence-electron chi connectivity index (χ1n) is 5.58. The smallest absolute Gasteiger partial charge is 0.0321 e. The molecule has 1 N–H and O–H groups in total. The minimum absolute atomic E-state index is 0.492. The molecule has 0 saturated carbocycles. The molecule has 1 aromatic rings. The summed E-state index contributed by atoms with van der Waals surface area (Å²) in [4.78, 5) is 2.52. The summed E-state index contributed by atoms with van der Waals surface area (Å²) >= 11 is 7.06. The van der Waals surface area contributed by atoms with Gasteiger partial charge in [0, 0.05) is 41.2 Å². The second-order valence-electron chi connectivity index (χ2n) is 4.14. The van der Waals surface area contributed by atoms with Crippen LogP contribution in [0.2, 0.25) is 0 Å². The van der Waals surface area contributed by atoms with Crippen molar-refractivity contribution in [1.29, 1.82) is 0 Å². The van der Waals surface area contributed by atoms with Crippen LogP contribution in [0.25, 0.3) is 0 Å². The molecule has 4 heteroatoms. The van der Waals surface area contributed by atoms with Crippen LogP contribution in [0.4, 0.5) is 0 Å². The highest BCUT2D eigenvalue weighted by atomic mass is 79.9. The van der Waals surface area contributed by atoms with Crippen LogP contribution in [0.1, 0.15) is 18.5 Å². The van der Waals surface area contributed by atoms with Crippen molar-refractivity contribution in [2.24, 2.45) is 0 Å². The van der Waals surface area contributed by atoms with Crippen molar-refractivity contribution in [3.8, 4) is 0 Å². The average molecular weight is 348 g/mol. The van der Waals surface area contributed by atoms with E-state index >= 15 is 0 Å². The highest BCUT2D eigenvalue weighted by Crippen LogP contribution is 2.28. The van der Waals surface area contributed by atoms with E-state index in [0.717, 1.165) is 35.1 Å². The van der Waals surface area contributed by atoms with Crippen LogP contribution < -0.4 is 5.32 Å². The molecule has 0 bridgehead atoms. The number of halogens is 2. The fourth-order valence-corrected chi connectivity index (χ4v) is 2.70. The van der Waals surface area contributed by atoms with Gasteiger partial charge in [-0.05, 0) is 56.5 Å². The zero-order valence-corrected chi connectivity index (χ0v) is 12.5. The minimum atomic E-state index is 0.492. The lowest BCUT2D eigenvalue weighted by atomic mass is 10.1. The maximum Gasteiger partial charge on any atom is 0.0321 e. The number of hydrogen-bond acceptors (Lipinski definition) is 2. The van der Waals surface area contributed by atoms with E-state index in [2.05, 4.69) is 67.2 Å². The van der Waals surface area contributed by atoms with Gasteiger partial charge in [0.25, 0.3) is 0 Å². The zero-order chi connectivity index (χ0) is 11.5. The average Bonchev–Trinajstić information content (AvgIpc) is 2.33. The van der Waals surface area contributed by atoms with Gasteiger partial charge in [0.05, 0.1) is 0 Å². The molecule has 88 valence electrons. The summed E-state index contributed by atoms with van der Waals surface area (Å²) in [6, 6.07) is 7.00. The quantitative estimate of drug-likeness (QED) is 0.883. The lowest BCUT2D eigenvalue weighted by molar-refractivity contribution is 0.185. The van der Waals surface area contributed by atoms with E-state index in [0.29, 0.717) is 6.04 Å². The summed E-state index contributed by atoms with van der Waals surface area (Å²) in [6.07, 6.45) is 0. The molecule has 16 heavy (non-hydrogen) atoms. The molecule has 0 amide bonds. The van der Waals surface area contributed by atoms with Gasteiger partial charge in [-0.1, -0.05) is 6.07 Å². The van der Waals surface area contributed by atoms with E-state index in [1.807, 2.05) is 0 Å². The summed E-state index contributed by atoms with van der Waals surface area (Å²) < 4.78 is 2.25. The van der Waals surface area contributed by atoms with Crippen molar-refractivity contribution in [2.45, 2.75) is 13.0 Å². The number of nitrogens with one attached hydrogen (secondary N) is 1. The number of hydrogen-bond donors (Lipinski definition) is 1. The molecule has 1 saturated heterocycles. The molecule has 1 aliphatic rings. The first-order valence-corrected chi connectivity index (χ1v) is 7.17. The summed E-state index contributed by atoms with van der Waals surface area (Å²) in [7, 11) is 0. The molecule has 0 spiro atoms. The number of benzene rings is 1. The predicted octanol–water partition coefficient (Wildman–Crippen LogP) is 3.18. The van der Waals surface area contributed by atoms with Crippen molar-refractivity contribution in [3.63, 3.8) is 0 Å². The van der Waals surface area contributed by atoms with Crippen LogP contribution in [-0.4, -0.2) is 31.1 Å². The Balaban J connectivity index is 2.12. The third kappa shape index (κ3) is 2.86. The normalized spacial score (nSPS) is 19.7. The van der Waals surface area contributed by atoms with Crippen LogP contribution in [0.15, 0.2) is 27.1 Å². The van der Waals surface area contributed by atoms with Crippen LogP contribution >= 0.6 is 31.9 Å². The zero-order valence-electron chi connectivity index (χ0n) is 9.34. The Morgan fingerprint density at radius 1 is 1.19 bits per heavy atom. The van der Waals surface area contributed by atoms with Gasteiger partial charge in [-0.15, -0.1) is 0 Å². The van der Waals surface area contributed by atoms with Crippen LogP contribution in [0.3, 0.4) is 0 Å². The fourth-order valence-electron chi connectivity index (χ4n) is 2.05. The molecule has 0 radical (unpaired) electrons. The van der Waals surface area contributed by atoms with Gasteiger partial charge in [-0.2, -0.15) is 0 Å². The largest absolute Gasteiger partial charge is 0.314 e. The second-order valence-corrected chi connectivity index (χ2v) is 5.84. The Labute approximate surface area is 114 Å². The molecule has 1 atom stereocenters. The summed E-state index contributed by atoms with van der Waals surface area (Å²) in [5, 5.41) is 3.38. The highest BCUT2D eigenvalue weighted by molar-refractivity contribution is 9.13. The summed E-state index contributed by atoms with van der Waals surface area (Å²) in [5.41, 5.74) is 1.37. The highest BCUT2D eigenvalue weighted by Gasteiger charge is 2.18.